The van der Waals surface area contributed by atoms with Gasteiger partial charge in [0.05, 0.1) is 10.6 Å². The van der Waals surface area contributed by atoms with E-state index in [1.54, 1.807) is 23.1 Å². The van der Waals surface area contributed by atoms with Crippen molar-refractivity contribution >= 4 is 23.3 Å². The standard InChI is InChI=1S/C14H16ClN3O2/c15-13-6-12(4-3-11(13)7-16)17-14(20)18-5-1-2-10(8-18)9-19/h3-4,6,10,19H,1-2,5,8-9H2,(H,17,20). The van der Waals surface area contributed by atoms with Gasteiger partial charge in [-0.1, -0.05) is 11.6 Å². The van der Waals surface area contributed by atoms with Gasteiger partial charge in [0.25, 0.3) is 0 Å². The van der Waals surface area contributed by atoms with Crippen molar-refractivity contribution < 1.29 is 9.90 Å². The zero-order chi connectivity index (χ0) is 14.5. The number of rotatable bonds is 2. The van der Waals surface area contributed by atoms with Crippen LogP contribution in [0.25, 0.3) is 0 Å². The largest absolute Gasteiger partial charge is 0.396 e. The first-order valence-corrected chi connectivity index (χ1v) is 6.88. The predicted molar refractivity (Wildman–Crippen MR) is 76.6 cm³/mol. The zero-order valence-corrected chi connectivity index (χ0v) is 11.7. The molecule has 5 nitrogen and oxygen atoms in total. The lowest BCUT2D eigenvalue weighted by Crippen LogP contribution is -2.43. The number of nitrogens with one attached hydrogen (secondary N) is 1. The average molecular weight is 294 g/mol. The summed E-state index contributed by atoms with van der Waals surface area (Å²) in [6.45, 7) is 1.35. The van der Waals surface area contributed by atoms with Crippen LogP contribution in [0.2, 0.25) is 5.02 Å². The first-order valence-electron chi connectivity index (χ1n) is 6.50. The SMILES string of the molecule is N#Cc1ccc(NC(=O)N2CCCC(CO)C2)cc1Cl. The van der Waals surface area contributed by atoms with Gasteiger partial charge in [-0.05, 0) is 37.0 Å². The molecular weight excluding hydrogens is 278 g/mol. The molecule has 0 aliphatic carbocycles. The average Bonchev–Trinajstić information content (AvgIpc) is 2.47. The second kappa shape index (κ2) is 6.60. The summed E-state index contributed by atoms with van der Waals surface area (Å²) in [5, 5.41) is 21.0. The maximum absolute atomic E-state index is 12.1. The zero-order valence-electron chi connectivity index (χ0n) is 11.0. The lowest BCUT2D eigenvalue weighted by molar-refractivity contribution is 0.136. The lowest BCUT2D eigenvalue weighted by atomic mass is 9.99. The highest BCUT2D eigenvalue weighted by atomic mass is 35.5. The number of amides is 2. The molecule has 0 spiro atoms. The van der Waals surface area contributed by atoms with Gasteiger partial charge in [0.1, 0.15) is 6.07 Å². The Hall–Kier alpha value is -1.77. The number of hydrogen-bond donors (Lipinski definition) is 2. The molecule has 1 saturated heterocycles. The molecule has 20 heavy (non-hydrogen) atoms. The van der Waals surface area contributed by atoms with Crippen molar-refractivity contribution in [2.24, 2.45) is 5.92 Å². The Labute approximate surface area is 122 Å². The third-order valence-corrected chi connectivity index (χ3v) is 3.72. The van der Waals surface area contributed by atoms with Crippen molar-refractivity contribution in [3.63, 3.8) is 0 Å². The van der Waals surface area contributed by atoms with Crippen LogP contribution < -0.4 is 5.32 Å². The quantitative estimate of drug-likeness (QED) is 0.879. The first-order chi connectivity index (χ1) is 9.63. The second-order valence-corrected chi connectivity index (χ2v) is 5.28. The number of aliphatic hydroxyl groups is 1. The number of urea groups is 1. The molecule has 1 aromatic rings. The number of benzene rings is 1. The highest BCUT2D eigenvalue weighted by molar-refractivity contribution is 6.32. The van der Waals surface area contributed by atoms with E-state index in [2.05, 4.69) is 5.32 Å². The van der Waals surface area contributed by atoms with E-state index in [9.17, 15) is 4.79 Å². The molecule has 2 rings (SSSR count). The van der Waals surface area contributed by atoms with E-state index < -0.39 is 0 Å². The highest BCUT2D eigenvalue weighted by Gasteiger charge is 2.23. The molecule has 1 atom stereocenters. The smallest absolute Gasteiger partial charge is 0.321 e. The normalized spacial score (nSPS) is 18.4. The summed E-state index contributed by atoms with van der Waals surface area (Å²) in [7, 11) is 0. The molecule has 0 radical (unpaired) electrons. The predicted octanol–water partition coefficient (Wildman–Crippen LogP) is 2.45. The van der Waals surface area contributed by atoms with Gasteiger partial charge in [-0.15, -0.1) is 0 Å². The number of hydrogen-bond acceptors (Lipinski definition) is 3. The second-order valence-electron chi connectivity index (χ2n) is 4.87. The minimum atomic E-state index is -0.205. The van der Waals surface area contributed by atoms with Crippen LogP contribution in [0.1, 0.15) is 18.4 Å². The van der Waals surface area contributed by atoms with Crippen LogP contribution in [-0.2, 0) is 0 Å². The van der Waals surface area contributed by atoms with Crippen molar-refractivity contribution in [2.75, 3.05) is 25.0 Å². The van der Waals surface area contributed by atoms with E-state index in [4.69, 9.17) is 22.0 Å². The van der Waals surface area contributed by atoms with Gasteiger partial charge in [0.2, 0.25) is 0 Å². The van der Waals surface area contributed by atoms with Gasteiger partial charge >= 0.3 is 6.03 Å². The number of nitrogens with zero attached hydrogens (tertiary/aromatic N) is 2. The third-order valence-electron chi connectivity index (χ3n) is 3.41. The molecular formula is C14H16ClN3O2. The Morgan fingerprint density at radius 1 is 1.60 bits per heavy atom. The number of carbonyl (C=O) groups is 1. The number of piperidine rings is 1. The monoisotopic (exact) mass is 293 g/mol. The molecule has 1 aromatic carbocycles. The number of halogens is 1. The van der Waals surface area contributed by atoms with Gasteiger partial charge in [-0.2, -0.15) is 5.26 Å². The molecule has 1 heterocycles. The van der Waals surface area contributed by atoms with Crippen molar-refractivity contribution in [1.29, 1.82) is 5.26 Å². The van der Waals surface area contributed by atoms with Gasteiger partial charge in [-0.3, -0.25) is 0 Å². The minimum Gasteiger partial charge on any atom is -0.396 e. The Bertz CT molecular complexity index is 542. The van der Waals surface area contributed by atoms with E-state index in [-0.39, 0.29) is 18.6 Å². The molecule has 0 saturated carbocycles. The van der Waals surface area contributed by atoms with Crippen LogP contribution in [0.3, 0.4) is 0 Å². The topological polar surface area (TPSA) is 76.4 Å². The highest BCUT2D eigenvalue weighted by Crippen LogP contribution is 2.21. The van der Waals surface area contributed by atoms with E-state index >= 15 is 0 Å². The summed E-state index contributed by atoms with van der Waals surface area (Å²) in [5.41, 5.74) is 0.938. The molecule has 106 valence electrons. The van der Waals surface area contributed by atoms with Gasteiger partial charge in [0.15, 0.2) is 0 Å². The van der Waals surface area contributed by atoms with Crippen LogP contribution in [0.15, 0.2) is 18.2 Å². The number of likely N-dealkylation sites (tertiary alicyclic amines) is 1. The van der Waals surface area contributed by atoms with Crippen molar-refractivity contribution in [3.8, 4) is 6.07 Å². The Morgan fingerprint density at radius 2 is 2.40 bits per heavy atom. The van der Waals surface area contributed by atoms with Crippen LogP contribution in [0.5, 0.6) is 0 Å². The van der Waals surface area contributed by atoms with Crippen LogP contribution in [0.4, 0.5) is 10.5 Å². The van der Waals surface area contributed by atoms with Crippen LogP contribution in [0, 0.1) is 17.2 Å². The summed E-state index contributed by atoms with van der Waals surface area (Å²) in [5.74, 6) is 0.152. The van der Waals surface area contributed by atoms with E-state index in [1.165, 1.54) is 0 Å². The van der Waals surface area contributed by atoms with Crippen molar-refractivity contribution in [2.45, 2.75) is 12.8 Å². The maximum Gasteiger partial charge on any atom is 0.321 e. The Kier molecular flexibility index (Phi) is 4.83. The number of aliphatic hydroxyl groups excluding tert-OH is 1. The van der Waals surface area contributed by atoms with Gasteiger partial charge in [-0.25, -0.2) is 4.79 Å². The van der Waals surface area contributed by atoms with Gasteiger partial charge < -0.3 is 15.3 Å². The summed E-state index contributed by atoms with van der Waals surface area (Å²) >= 11 is 5.92. The molecule has 2 N–H and O–H groups in total. The van der Waals surface area contributed by atoms with Crippen molar-refractivity contribution in [3.05, 3.63) is 28.8 Å². The van der Waals surface area contributed by atoms with Crippen LogP contribution >= 0.6 is 11.6 Å². The van der Waals surface area contributed by atoms with E-state index in [0.717, 1.165) is 12.8 Å². The Balaban J connectivity index is 2.01. The fourth-order valence-corrected chi connectivity index (χ4v) is 2.51. The fourth-order valence-electron chi connectivity index (χ4n) is 2.28. The summed E-state index contributed by atoms with van der Waals surface area (Å²) in [6.07, 6.45) is 1.84. The Morgan fingerprint density at radius 3 is 3.05 bits per heavy atom. The molecule has 1 fully saturated rings. The molecule has 1 unspecified atom stereocenters. The number of carbonyl (C=O) groups excluding carboxylic acids is 1. The van der Waals surface area contributed by atoms with Crippen LogP contribution in [-0.4, -0.2) is 35.7 Å². The molecule has 0 bridgehead atoms. The summed E-state index contributed by atoms with van der Waals surface area (Å²) < 4.78 is 0. The molecule has 6 heteroatoms. The summed E-state index contributed by atoms with van der Waals surface area (Å²) in [6, 6.07) is 6.55. The van der Waals surface area contributed by atoms with E-state index in [0.29, 0.717) is 29.4 Å². The lowest BCUT2D eigenvalue weighted by Gasteiger charge is -2.31. The molecule has 2 amide bonds. The molecule has 1 aliphatic heterocycles. The number of nitriles is 1. The fraction of sp³-hybridized carbons (Fsp3) is 0.429. The third kappa shape index (κ3) is 3.41. The number of anilines is 1. The van der Waals surface area contributed by atoms with Gasteiger partial charge in [0, 0.05) is 25.4 Å². The van der Waals surface area contributed by atoms with Crippen molar-refractivity contribution in [1.82, 2.24) is 4.90 Å². The molecule has 1 aliphatic rings. The molecule has 0 aromatic heterocycles. The first kappa shape index (κ1) is 14.6. The minimum absolute atomic E-state index is 0.104. The maximum atomic E-state index is 12.1. The van der Waals surface area contributed by atoms with E-state index in [1.807, 2.05) is 6.07 Å². The summed E-state index contributed by atoms with van der Waals surface area (Å²) in [4.78, 5) is 13.8.